The van der Waals surface area contributed by atoms with Crippen LogP contribution in [-0.2, 0) is 9.53 Å². The van der Waals surface area contributed by atoms with Gasteiger partial charge in [0.05, 0.1) is 6.61 Å². The maximum Gasteiger partial charge on any atom is 0.240 e. The lowest BCUT2D eigenvalue weighted by Gasteiger charge is -2.24. The van der Waals surface area contributed by atoms with Crippen LogP contribution < -0.4 is 0 Å². The van der Waals surface area contributed by atoms with Crippen molar-refractivity contribution in [1.29, 1.82) is 0 Å². The van der Waals surface area contributed by atoms with Crippen molar-refractivity contribution >= 4 is 17.5 Å². The van der Waals surface area contributed by atoms with E-state index < -0.39 is 0 Å². The number of hydrogen-bond acceptors (Lipinski definition) is 2. The number of nitrogens with zero attached hydrogens (tertiary/aromatic N) is 1. The summed E-state index contributed by atoms with van der Waals surface area (Å²) in [7, 11) is 0. The van der Waals surface area contributed by atoms with Crippen molar-refractivity contribution in [2.75, 3.05) is 26.3 Å². The van der Waals surface area contributed by atoms with Gasteiger partial charge in [-0.2, -0.15) is 0 Å². The number of rotatable bonds is 5. The molecule has 1 amide bonds. The molecule has 1 saturated heterocycles. The molecule has 0 bridgehead atoms. The van der Waals surface area contributed by atoms with Crippen LogP contribution in [0.25, 0.3) is 0 Å². The number of halogens is 1. The zero-order valence-electron chi connectivity index (χ0n) is 11.3. The lowest BCUT2D eigenvalue weighted by atomic mass is 9.83. The molecule has 0 unspecified atom stereocenters. The number of hydrogen-bond donors (Lipinski definition) is 0. The maximum absolute atomic E-state index is 12.0. The van der Waals surface area contributed by atoms with Gasteiger partial charge < -0.3 is 9.64 Å². The SMILES string of the molecule is CCOC[C@@H]1CN(C(=O)[C@@H](Cl)CC)CC1(C)C. The second-order valence-electron chi connectivity index (χ2n) is 5.44. The third kappa shape index (κ3) is 3.59. The summed E-state index contributed by atoms with van der Waals surface area (Å²) in [4.78, 5) is 13.9. The Labute approximate surface area is 109 Å². The minimum atomic E-state index is -0.378. The molecule has 1 aliphatic heterocycles. The molecule has 0 aliphatic carbocycles. The molecule has 0 aromatic rings. The van der Waals surface area contributed by atoms with Crippen LogP contribution in [0.15, 0.2) is 0 Å². The second-order valence-corrected chi connectivity index (χ2v) is 5.97. The summed E-state index contributed by atoms with van der Waals surface area (Å²) in [6.07, 6.45) is 0.688. The normalized spacial score (nSPS) is 25.0. The highest BCUT2D eigenvalue weighted by atomic mass is 35.5. The van der Waals surface area contributed by atoms with Gasteiger partial charge in [-0.15, -0.1) is 11.6 Å². The Hall–Kier alpha value is -0.280. The topological polar surface area (TPSA) is 29.5 Å². The number of amides is 1. The molecule has 0 N–H and O–H groups in total. The first-order valence-corrected chi connectivity index (χ1v) is 6.86. The monoisotopic (exact) mass is 261 g/mol. The van der Waals surface area contributed by atoms with Crippen LogP contribution >= 0.6 is 11.6 Å². The average Bonchev–Trinajstić information content (AvgIpc) is 2.59. The van der Waals surface area contributed by atoms with Gasteiger partial charge in [-0.1, -0.05) is 20.8 Å². The van der Waals surface area contributed by atoms with E-state index in [1.54, 1.807) is 0 Å². The molecular formula is C13H24ClNO2. The number of likely N-dealkylation sites (tertiary alicyclic amines) is 1. The molecule has 100 valence electrons. The molecule has 1 heterocycles. The van der Waals surface area contributed by atoms with Crippen molar-refractivity contribution < 1.29 is 9.53 Å². The summed E-state index contributed by atoms with van der Waals surface area (Å²) < 4.78 is 5.50. The van der Waals surface area contributed by atoms with Gasteiger partial charge in [0.2, 0.25) is 5.91 Å². The van der Waals surface area contributed by atoms with Crippen molar-refractivity contribution in [2.45, 2.75) is 39.5 Å². The molecule has 3 nitrogen and oxygen atoms in total. The summed E-state index contributed by atoms with van der Waals surface area (Å²) in [5.41, 5.74) is 0.120. The van der Waals surface area contributed by atoms with E-state index in [-0.39, 0.29) is 16.7 Å². The Morgan fingerprint density at radius 1 is 1.53 bits per heavy atom. The summed E-state index contributed by atoms with van der Waals surface area (Å²) in [5.74, 6) is 0.480. The van der Waals surface area contributed by atoms with Crippen LogP contribution in [0.4, 0.5) is 0 Å². The van der Waals surface area contributed by atoms with Crippen LogP contribution in [0.3, 0.4) is 0 Å². The van der Waals surface area contributed by atoms with Crippen molar-refractivity contribution in [1.82, 2.24) is 4.90 Å². The van der Waals surface area contributed by atoms with E-state index in [9.17, 15) is 4.79 Å². The van der Waals surface area contributed by atoms with Gasteiger partial charge in [-0.3, -0.25) is 4.79 Å². The van der Waals surface area contributed by atoms with Gasteiger partial charge in [0.25, 0.3) is 0 Å². The summed E-state index contributed by atoms with van der Waals surface area (Å²) in [6, 6.07) is 0. The van der Waals surface area contributed by atoms with E-state index in [0.717, 1.165) is 26.3 Å². The molecule has 0 aromatic carbocycles. The molecule has 2 atom stereocenters. The van der Waals surface area contributed by atoms with E-state index in [1.807, 2.05) is 18.7 Å². The van der Waals surface area contributed by atoms with Crippen LogP contribution in [-0.4, -0.2) is 42.5 Å². The molecule has 17 heavy (non-hydrogen) atoms. The van der Waals surface area contributed by atoms with E-state index >= 15 is 0 Å². The number of carbonyl (C=O) groups excluding carboxylic acids is 1. The van der Waals surface area contributed by atoms with Crippen LogP contribution in [0.1, 0.15) is 34.1 Å². The largest absolute Gasteiger partial charge is 0.381 e. The Balaban J connectivity index is 2.60. The standard InChI is InChI=1S/C13H24ClNO2/c1-5-11(14)12(16)15-7-10(8-17-6-2)13(3,4)9-15/h10-11H,5-9H2,1-4H3/t10-,11-/m0/s1. The molecule has 1 rings (SSSR count). The third-order valence-electron chi connectivity index (χ3n) is 3.61. The minimum absolute atomic E-state index is 0.0706. The zero-order valence-corrected chi connectivity index (χ0v) is 12.1. The highest BCUT2D eigenvalue weighted by Crippen LogP contribution is 2.36. The Kier molecular flexibility index (Phi) is 5.26. The molecule has 1 fully saturated rings. The quantitative estimate of drug-likeness (QED) is 0.712. The molecule has 0 saturated carbocycles. The fraction of sp³-hybridized carbons (Fsp3) is 0.923. The number of carbonyl (C=O) groups is 1. The first-order chi connectivity index (χ1) is 7.92. The third-order valence-corrected chi connectivity index (χ3v) is 4.10. The molecule has 0 radical (unpaired) electrons. The van der Waals surface area contributed by atoms with Crippen LogP contribution in [0.2, 0.25) is 0 Å². The van der Waals surface area contributed by atoms with Crippen molar-refractivity contribution in [3.63, 3.8) is 0 Å². The van der Waals surface area contributed by atoms with Crippen LogP contribution in [0, 0.1) is 11.3 Å². The zero-order chi connectivity index (χ0) is 13.1. The summed E-state index contributed by atoms with van der Waals surface area (Å²) >= 11 is 6.02. The first-order valence-electron chi connectivity index (χ1n) is 6.43. The highest BCUT2D eigenvalue weighted by molar-refractivity contribution is 6.30. The van der Waals surface area contributed by atoms with Gasteiger partial charge in [0.1, 0.15) is 5.38 Å². The smallest absolute Gasteiger partial charge is 0.240 e. The molecule has 1 aliphatic rings. The summed E-state index contributed by atoms with van der Waals surface area (Å²) in [5, 5.41) is -0.378. The minimum Gasteiger partial charge on any atom is -0.381 e. The van der Waals surface area contributed by atoms with Gasteiger partial charge in [0, 0.05) is 25.6 Å². The fourth-order valence-corrected chi connectivity index (χ4v) is 2.42. The fourth-order valence-electron chi connectivity index (χ4n) is 2.28. The predicted octanol–water partition coefficient (Wildman–Crippen LogP) is 2.52. The molecule has 0 spiro atoms. The predicted molar refractivity (Wildman–Crippen MR) is 70.3 cm³/mol. The van der Waals surface area contributed by atoms with E-state index in [0.29, 0.717) is 12.3 Å². The van der Waals surface area contributed by atoms with E-state index in [4.69, 9.17) is 16.3 Å². The summed E-state index contributed by atoms with van der Waals surface area (Å²) in [6.45, 7) is 11.3. The molecule has 0 aromatic heterocycles. The maximum atomic E-state index is 12.0. The lowest BCUT2D eigenvalue weighted by molar-refractivity contribution is -0.130. The van der Waals surface area contributed by atoms with Crippen molar-refractivity contribution in [2.24, 2.45) is 11.3 Å². The van der Waals surface area contributed by atoms with Crippen LogP contribution in [0.5, 0.6) is 0 Å². The number of ether oxygens (including phenoxy) is 1. The van der Waals surface area contributed by atoms with Crippen molar-refractivity contribution in [3.05, 3.63) is 0 Å². The first kappa shape index (κ1) is 14.8. The lowest BCUT2D eigenvalue weighted by Crippen LogP contribution is -2.35. The van der Waals surface area contributed by atoms with Gasteiger partial charge in [-0.25, -0.2) is 0 Å². The average molecular weight is 262 g/mol. The Morgan fingerprint density at radius 3 is 2.71 bits per heavy atom. The molecular weight excluding hydrogens is 238 g/mol. The number of alkyl halides is 1. The van der Waals surface area contributed by atoms with Gasteiger partial charge in [-0.05, 0) is 18.8 Å². The van der Waals surface area contributed by atoms with Gasteiger partial charge >= 0.3 is 0 Å². The van der Waals surface area contributed by atoms with E-state index in [2.05, 4.69) is 13.8 Å². The second kappa shape index (κ2) is 6.05. The molecule has 4 heteroatoms. The van der Waals surface area contributed by atoms with Crippen molar-refractivity contribution in [3.8, 4) is 0 Å². The Morgan fingerprint density at radius 2 is 2.18 bits per heavy atom. The van der Waals surface area contributed by atoms with Gasteiger partial charge in [0.15, 0.2) is 0 Å². The van der Waals surface area contributed by atoms with E-state index in [1.165, 1.54) is 0 Å². The Bertz CT molecular complexity index is 268. The highest BCUT2D eigenvalue weighted by Gasteiger charge is 2.42.